The van der Waals surface area contributed by atoms with E-state index in [0.29, 0.717) is 29.1 Å². The minimum absolute atomic E-state index is 0.259. The summed E-state index contributed by atoms with van der Waals surface area (Å²) in [5, 5.41) is 14.6. The Balaban J connectivity index is 1.71. The van der Waals surface area contributed by atoms with Gasteiger partial charge in [0, 0.05) is 50.6 Å². The molecule has 0 spiro atoms. The largest absolute Gasteiger partial charge is 0.495 e. The molecular formula is C32H48N6O3. The Morgan fingerprint density at radius 2 is 1.85 bits per heavy atom. The summed E-state index contributed by atoms with van der Waals surface area (Å²) in [6.07, 6.45) is 5.35. The van der Waals surface area contributed by atoms with Crippen molar-refractivity contribution in [2.45, 2.75) is 84.8 Å². The highest BCUT2D eigenvalue weighted by atomic mass is 16.5. The Morgan fingerprint density at radius 1 is 1.17 bits per heavy atom. The second-order valence-electron chi connectivity index (χ2n) is 12.8. The number of methoxy groups -OCH3 is 1. The minimum Gasteiger partial charge on any atom is -0.495 e. The molecule has 2 N–H and O–H groups in total. The number of nitrogens with zero attached hydrogens (tertiary/aromatic N) is 5. The molecule has 0 bridgehead atoms. The van der Waals surface area contributed by atoms with E-state index in [9.17, 15) is 9.90 Å². The van der Waals surface area contributed by atoms with Crippen molar-refractivity contribution >= 4 is 28.6 Å². The van der Waals surface area contributed by atoms with Gasteiger partial charge in [-0.1, -0.05) is 32.6 Å². The van der Waals surface area contributed by atoms with E-state index >= 15 is 0 Å². The molecule has 1 aromatic heterocycles. The van der Waals surface area contributed by atoms with Crippen molar-refractivity contribution in [3.8, 4) is 17.6 Å². The van der Waals surface area contributed by atoms with Crippen LogP contribution < -0.4 is 15.0 Å². The average Bonchev–Trinajstić information content (AvgIpc) is 3.43. The lowest BCUT2D eigenvalue weighted by atomic mass is 9.86. The Hall–Kier alpha value is -3.09. The monoisotopic (exact) mass is 564 g/mol. The molecule has 2 aliphatic heterocycles. The third-order valence-corrected chi connectivity index (χ3v) is 8.34. The summed E-state index contributed by atoms with van der Waals surface area (Å²) in [7, 11) is 3.42. The van der Waals surface area contributed by atoms with Crippen LogP contribution in [0.15, 0.2) is 12.1 Å². The quantitative estimate of drug-likeness (QED) is 0.421. The number of carboxylic acids is 1. The van der Waals surface area contributed by atoms with E-state index in [1.165, 1.54) is 12.8 Å². The predicted molar refractivity (Wildman–Crippen MR) is 166 cm³/mol. The first kappa shape index (κ1) is 30.9. The number of carboxylic acid groups (broad SMARTS) is 1. The molecule has 9 heteroatoms. The van der Waals surface area contributed by atoms with Gasteiger partial charge in [0.2, 0.25) is 5.95 Å². The zero-order valence-corrected chi connectivity index (χ0v) is 26.0. The summed E-state index contributed by atoms with van der Waals surface area (Å²) in [5.41, 5.74) is 0.962. The lowest BCUT2D eigenvalue weighted by Gasteiger charge is -2.36. The topological polar surface area (TPSA) is 94.1 Å². The first-order valence-corrected chi connectivity index (χ1v) is 15.0. The van der Waals surface area contributed by atoms with E-state index in [4.69, 9.17) is 14.7 Å². The molecule has 0 amide bonds. The molecular weight excluding hydrogens is 516 g/mol. The molecule has 1 atom stereocenters. The second kappa shape index (κ2) is 13.3. The molecule has 2 aliphatic rings. The maximum Gasteiger partial charge on any atom is 0.326 e. The summed E-state index contributed by atoms with van der Waals surface area (Å²) in [4.78, 5) is 28.8. The number of aliphatic carboxylic acids is 1. The smallest absolute Gasteiger partial charge is 0.326 e. The van der Waals surface area contributed by atoms with Gasteiger partial charge in [-0.25, -0.2) is 9.78 Å². The SMILES string of the molecule is COc1cc2c(NC3CCN(C(C)C)CC3)nc(N(C)C(C(=O)O)C(C)(C)C)nc2cc1C#CCCN1CCCC1. The van der Waals surface area contributed by atoms with Crippen LogP contribution >= 0.6 is 0 Å². The van der Waals surface area contributed by atoms with Crippen LogP contribution in [0, 0.1) is 17.3 Å². The van der Waals surface area contributed by atoms with E-state index in [0.717, 1.165) is 62.9 Å². The Morgan fingerprint density at radius 3 is 2.44 bits per heavy atom. The number of anilines is 2. The van der Waals surface area contributed by atoms with Crippen molar-refractivity contribution in [2.24, 2.45) is 5.41 Å². The lowest BCUT2D eigenvalue weighted by molar-refractivity contribution is -0.141. The number of benzene rings is 1. The summed E-state index contributed by atoms with van der Waals surface area (Å²) in [5.74, 6) is 7.50. The third kappa shape index (κ3) is 7.60. The maximum absolute atomic E-state index is 12.3. The molecule has 224 valence electrons. The predicted octanol–water partition coefficient (Wildman–Crippen LogP) is 4.70. The molecule has 0 radical (unpaired) electrons. The fraction of sp³-hybridized carbons (Fsp3) is 0.656. The van der Waals surface area contributed by atoms with Crippen molar-refractivity contribution in [2.75, 3.05) is 57.1 Å². The number of piperidine rings is 1. The number of fused-ring (bicyclic) bond motifs is 1. The lowest BCUT2D eigenvalue weighted by Crippen LogP contribution is -2.48. The molecule has 2 fully saturated rings. The molecule has 4 rings (SSSR count). The molecule has 41 heavy (non-hydrogen) atoms. The number of aromatic nitrogens is 2. The Bertz CT molecular complexity index is 1260. The van der Waals surface area contributed by atoms with Gasteiger partial charge in [-0.15, -0.1) is 0 Å². The Labute approximate surface area is 245 Å². The standard InChI is InChI=1S/C32H48N6O3/c1-22(2)38-18-13-24(14-19-38)33-29-25-21-27(41-7)23(12-8-9-15-37-16-10-11-17-37)20-26(25)34-31(35-29)36(6)28(30(39)40)32(3,4)5/h20-22,24,28H,9-11,13-19H2,1-7H3,(H,39,40)(H,33,34,35). The van der Waals surface area contributed by atoms with Crippen molar-refractivity contribution in [1.29, 1.82) is 0 Å². The highest BCUT2D eigenvalue weighted by Crippen LogP contribution is 2.33. The van der Waals surface area contributed by atoms with Gasteiger partial charge in [0.05, 0.1) is 18.2 Å². The van der Waals surface area contributed by atoms with Crippen LogP contribution in [0.25, 0.3) is 10.9 Å². The highest BCUT2D eigenvalue weighted by molar-refractivity contribution is 5.93. The van der Waals surface area contributed by atoms with Crippen LogP contribution in [-0.4, -0.2) is 95.9 Å². The van der Waals surface area contributed by atoms with Crippen molar-refractivity contribution in [3.05, 3.63) is 17.7 Å². The molecule has 3 heterocycles. The number of likely N-dealkylation sites (tertiary alicyclic amines) is 2. The van der Waals surface area contributed by atoms with Gasteiger partial charge in [0.15, 0.2) is 0 Å². The number of hydrogen-bond donors (Lipinski definition) is 2. The van der Waals surface area contributed by atoms with Gasteiger partial charge in [-0.3, -0.25) is 0 Å². The van der Waals surface area contributed by atoms with Crippen LogP contribution in [0.3, 0.4) is 0 Å². The van der Waals surface area contributed by atoms with Gasteiger partial charge in [0.1, 0.15) is 17.6 Å². The number of rotatable bonds is 9. The summed E-state index contributed by atoms with van der Waals surface area (Å²) < 4.78 is 5.77. The van der Waals surface area contributed by atoms with E-state index in [-0.39, 0.29) is 6.04 Å². The molecule has 9 nitrogen and oxygen atoms in total. The van der Waals surface area contributed by atoms with Gasteiger partial charge < -0.3 is 29.9 Å². The summed E-state index contributed by atoms with van der Waals surface area (Å²) in [6, 6.07) is 3.91. The van der Waals surface area contributed by atoms with Crippen LogP contribution in [0.2, 0.25) is 0 Å². The fourth-order valence-corrected chi connectivity index (χ4v) is 6.04. The number of likely N-dealkylation sites (N-methyl/N-ethyl adjacent to an activating group) is 1. The number of ether oxygens (including phenoxy) is 1. The molecule has 1 aromatic carbocycles. The third-order valence-electron chi connectivity index (χ3n) is 8.34. The van der Waals surface area contributed by atoms with E-state index < -0.39 is 17.4 Å². The van der Waals surface area contributed by atoms with E-state index in [2.05, 4.69) is 40.8 Å². The normalized spacial score (nSPS) is 17.9. The van der Waals surface area contributed by atoms with Crippen molar-refractivity contribution in [1.82, 2.24) is 19.8 Å². The summed E-state index contributed by atoms with van der Waals surface area (Å²) >= 11 is 0. The highest BCUT2D eigenvalue weighted by Gasteiger charge is 2.36. The molecule has 0 saturated carbocycles. The van der Waals surface area contributed by atoms with Gasteiger partial charge >= 0.3 is 5.97 Å². The van der Waals surface area contributed by atoms with Gasteiger partial charge in [-0.2, -0.15) is 4.98 Å². The van der Waals surface area contributed by atoms with Crippen LogP contribution in [0.5, 0.6) is 5.75 Å². The number of carbonyl (C=O) groups is 1. The van der Waals surface area contributed by atoms with Crippen LogP contribution in [0.1, 0.15) is 72.3 Å². The van der Waals surface area contributed by atoms with Crippen molar-refractivity contribution < 1.29 is 14.6 Å². The molecule has 1 unspecified atom stereocenters. The molecule has 2 aromatic rings. The number of hydrogen-bond acceptors (Lipinski definition) is 8. The first-order chi connectivity index (χ1) is 19.5. The first-order valence-electron chi connectivity index (χ1n) is 15.0. The molecule has 2 saturated heterocycles. The average molecular weight is 565 g/mol. The summed E-state index contributed by atoms with van der Waals surface area (Å²) in [6.45, 7) is 15.6. The zero-order chi connectivity index (χ0) is 29.7. The van der Waals surface area contributed by atoms with Crippen LogP contribution in [-0.2, 0) is 4.79 Å². The van der Waals surface area contributed by atoms with Crippen LogP contribution in [0.4, 0.5) is 11.8 Å². The minimum atomic E-state index is -0.904. The van der Waals surface area contributed by atoms with E-state index in [1.54, 1.807) is 19.1 Å². The van der Waals surface area contributed by atoms with Crippen molar-refractivity contribution in [3.63, 3.8) is 0 Å². The van der Waals surface area contributed by atoms with Gasteiger partial charge in [-0.05, 0) is 70.2 Å². The zero-order valence-electron chi connectivity index (χ0n) is 26.0. The van der Waals surface area contributed by atoms with E-state index in [1.807, 2.05) is 32.9 Å². The second-order valence-corrected chi connectivity index (χ2v) is 12.8. The Kier molecular flexibility index (Phi) is 9.98. The fourth-order valence-electron chi connectivity index (χ4n) is 6.04. The molecule has 0 aliphatic carbocycles. The van der Waals surface area contributed by atoms with Gasteiger partial charge in [0.25, 0.3) is 0 Å². The number of nitrogens with one attached hydrogen (secondary N) is 1. The maximum atomic E-state index is 12.3.